The molecule has 0 saturated carbocycles. The van der Waals surface area contributed by atoms with Gasteiger partial charge in [-0.25, -0.2) is 4.98 Å². The first-order valence-corrected chi connectivity index (χ1v) is 9.44. The second-order valence-corrected chi connectivity index (χ2v) is 7.50. The summed E-state index contributed by atoms with van der Waals surface area (Å²) in [5.41, 5.74) is 1.93. The maximum absolute atomic E-state index is 12.8. The van der Waals surface area contributed by atoms with Crippen LogP contribution in [0.25, 0.3) is 11.0 Å². The predicted octanol–water partition coefficient (Wildman–Crippen LogP) is 2.69. The summed E-state index contributed by atoms with van der Waals surface area (Å²) in [6, 6.07) is 5.42. The van der Waals surface area contributed by atoms with E-state index in [0.29, 0.717) is 35.0 Å². The van der Waals surface area contributed by atoms with Crippen LogP contribution >= 0.6 is 11.8 Å². The van der Waals surface area contributed by atoms with E-state index in [9.17, 15) is 9.59 Å². The highest BCUT2D eigenvalue weighted by Crippen LogP contribution is 2.19. The molecule has 0 bridgehead atoms. The van der Waals surface area contributed by atoms with Crippen molar-refractivity contribution in [3.05, 3.63) is 46.3 Å². The monoisotopic (exact) mass is 374 g/mol. The molecule has 7 nitrogen and oxygen atoms in total. The van der Waals surface area contributed by atoms with Gasteiger partial charge in [0.1, 0.15) is 11.3 Å². The van der Waals surface area contributed by atoms with Crippen molar-refractivity contribution in [3.8, 4) is 0 Å². The van der Waals surface area contributed by atoms with E-state index in [4.69, 9.17) is 4.42 Å². The third-order valence-corrected chi connectivity index (χ3v) is 4.73. The van der Waals surface area contributed by atoms with E-state index in [2.05, 4.69) is 15.3 Å². The minimum atomic E-state index is -0.137. The van der Waals surface area contributed by atoms with Crippen LogP contribution in [0.15, 0.2) is 38.8 Å². The first kappa shape index (κ1) is 18.3. The van der Waals surface area contributed by atoms with Crippen LogP contribution < -0.4 is 10.9 Å². The molecular weight excluding hydrogens is 352 g/mol. The molecule has 26 heavy (non-hydrogen) atoms. The first-order chi connectivity index (χ1) is 12.4. The number of amides is 1. The third kappa shape index (κ3) is 4.19. The predicted molar refractivity (Wildman–Crippen MR) is 101 cm³/mol. The molecule has 2 N–H and O–H groups in total. The van der Waals surface area contributed by atoms with Crippen LogP contribution in [0.4, 0.5) is 0 Å². The Morgan fingerprint density at radius 2 is 2.27 bits per heavy atom. The minimum Gasteiger partial charge on any atom is -0.467 e. The van der Waals surface area contributed by atoms with Crippen molar-refractivity contribution < 1.29 is 9.21 Å². The molecule has 3 rings (SSSR count). The number of carbonyl (C=O) groups excluding carboxylic acids is 1. The normalized spacial score (nSPS) is 11.4. The summed E-state index contributed by atoms with van der Waals surface area (Å²) in [5.74, 6) is 1.03. The number of nitrogens with one attached hydrogen (secondary N) is 2. The van der Waals surface area contributed by atoms with Crippen molar-refractivity contribution in [1.29, 1.82) is 0 Å². The number of fused-ring (bicyclic) bond motifs is 1. The Hall–Kier alpha value is -2.48. The van der Waals surface area contributed by atoms with Crippen LogP contribution in [-0.2, 0) is 17.9 Å². The Balaban J connectivity index is 1.77. The molecule has 0 aliphatic rings. The van der Waals surface area contributed by atoms with Gasteiger partial charge in [-0.15, -0.1) is 0 Å². The summed E-state index contributed by atoms with van der Waals surface area (Å²) in [6.45, 7) is 6.87. The van der Waals surface area contributed by atoms with E-state index in [0.717, 1.165) is 5.69 Å². The Labute approximate surface area is 155 Å². The summed E-state index contributed by atoms with van der Waals surface area (Å²) in [7, 11) is 0. The van der Waals surface area contributed by atoms with E-state index in [1.54, 1.807) is 23.0 Å². The van der Waals surface area contributed by atoms with Gasteiger partial charge in [-0.2, -0.15) is 0 Å². The van der Waals surface area contributed by atoms with Crippen LogP contribution in [0.3, 0.4) is 0 Å². The minimum absolute atomic E-state index is 0.102. The molecule has 0 aliphatic carbocycles. The van der Waals surface area contributed by atoms with Crippen molar-refractivity contribution >= 4 is 28.7 Å². The van der Waals surface area contributed by atoms with Gasteiger partial charge in [-0.3, -0.25) is 14.2 Å². The van der Waals surface area contributed by atoms with Gasteiger partial charge in [0.05, 0.1) is 24.1 Å². The molecule has 8 heteroatoms. The van der Waals surface area contributed by atoms with Crippen molar-refractivity contribution in [1.82, 2.24) is 19.9 Å². The zero-order valence-corrected chi connectivity index (χ0v) is 15.9. The van der Waals surface area contributed by atoms with Crippen LogP contribution in [0.5, 0.6) is 0 Å². The average molecular weight is 374 g/mol. The van der Waals surface area contributed by atoms with E-state index in [1.807, 2.05) is 26.8 Å². The smallest absolute Gasteiger partial charge is 0.278 e. The fourth-order valence-corrected chi connectivity index (χ4v) is 3.47. The van der Waals surface area contributed by atoms with Crippen molar-refractivity contribution in [2.45, 2.75) is 39.0 Å². The maximum Gasteiger partial charge on any atom is 0.278 e. The quantitative estimate of drug-likeness (QED) is 0.490. The third-order valence-electron chi connectivity index (χ3n) is 3.76. The summed E-state index contributed by atoms with van der Waals surface area (Å²) < 4.78 is 6.84. The Kier molecular flexibility index (Phi) is 5.51. The molecule has 138 valence electrons. The van der Waals surface area contributed by atoms with E-state index in [1.165, 1.54) is 11.8 Å². The molecule has 0 spiro atoms. The molecule has 1 amide bonds. The number of carbonyl (C=O) groups is 1. The molecule has 3 heterocycles. The first-order valence-electron chi connectivity index (χ1n) is 8.46. The number of aromatic nitrogens is 3. The highest BCUT2D eigenvalue weighted by Gasteiger charge is 2.15. The molecule has 0 aromatic carbocycles. The molecule has 3 aromatic heterocycles. The molecule has 0 radical (unpaired) electrons. The number of rotatable bonds is 7. The van der Waals surface area contributed by atoms with Gasteiger partial charge in [-0.1, -0.05) is 25.6 Å². The van der Waals surface area contributed by atoms with E-state index >= 15 is 0 Å². The lowest BCUT2D eigenvalue weighted by molar-refractivity contribution is -0.118. The second kappa shape index (κ2) is 7.82. The van der Waals surface area contributed by atoms with Gasteiger partial charge >= 0.3 is 0 Å². The van der Waals surface area contributed by atoms with Gasteiger partial charge in [0.15, 0.2) is 5.16 Å². The number of thioether (sulfide) groups is 1. The van der Waals surface area contributed by atoms with Crippen LogP contribution in [0, 0.1) is 12.8 Å². The van der Waals surface area contributed by atoms with Gasteiger partial charge < -0.3 is 14.7 Å². The molecule has 0 fully saturated rings. The van der Waals surface area contributed by atoms with E-state index < -0.39 is 0 Å². The molecule has 0 saturated heterocycles. The van der Waals surface area contributed by atoms with Crippen LogP contribution in [0.2, 0.25) is 0 Å². The number of aromatic amines is 1. The lowest BCUT2D eigenvalue weighted by Gasteiger charge is -2.13. The fourth-order valence-electron chi connectivity index (χ4n) is 2.63. The van der Waals surface area contributed by atoms with Gasteiger partial charge in [-0.05, 0) is 31.0 Å². The Morgan fingerprint density at radius 1 is 1.46 bits per heavy atom. The van der Waals surface area contributed by atoms with Gasteiger partial charge in [0, 0.05) is 12.2 Å². The number of hydrogen-bond acceptors (Lipinski definition) is 5. The zero-order valence-electron chi connectivity index (χ0n) is 15.0. The van der Waals surface area contributed by atoms with Crippen molar-refractivity contribution in [2.24, 2.45) is 5.92 Å². The maximum atomic E-state index is 12.8. The Bertz CT molecular complexity index is 957. The largest absolute Gasteiger partial charge is 0.467 e. The summed E-state index contributed by atoms with van der Waals surface area (Å²) >= 11 is 1.27. The van der Waals surface area contributed by atoms with Crippen molar-refractivity contribution in [3.63, 3.8) is 0 Å². The summed E-state index contributed by atoms with van der Waals surface area (Å²) in [5, 5.41) is 3.36. The molecule has 0 aliphatic heterocycles. The van der Waals surface area contributed by atoms with Crippen LogP contribution in [0.1, 0.15) is 25.3 Å². The fraction of sp³-hybridized carbons (Fsp3) is 0.389. The van der Waals surface area contributed by atoms with Gasteiger partial charge in [0.2, 0.25) is 5.91 Å². The van der Waals surface area contributed by atoms with Crippen LogP contribution in [-0.4, -0.2) is 26.2 Å². The molecule has 0 unspecified atom stereocenters. The van der Waals surface area contributed by atoms with Gasteiger partial charge in [0.25, 0.3) is 5.56 Å². The van der Waals surface area contributed by atoms with Crippen molar-refractivity contribution in [2.75, 3.05) is 5.75 Å². The Morgan fingerprint density at radius 3 is 2.96 bits per heavy atom. The lowest BCUT2D eigenvalue weighted by Crippen LogP contribution is -2.27. The number of H-pyrrole nitrogens is 1. The lowest BCUT2D eigenvalue weighted by atomic mass is 10.2. The molecule has 0 atom stereocenters. The average Bonchev–Trinajstić information content (AvgIpc) is 3.22. The number of hydrogen-bond donors (Lipinski definition) is 2. The highest BCUT2D eigenvalue weighted by atomic mass is 32.2. The van der Waals surface area contributed by atoms with E-state index in [-0.39, 0.29) is 23.1 Å². The number of aryl methyl sites for hydroxylation is 1. The zero-order chi connectivity index (χ0) is 18.7. The number of nitrogens with zero attached hydrogens (tertiary/aromatic N) is 2. The number of furan rings is 1. The topological polar surface area (TPSA) is 92.9 Å². The highest BCUT2D eigenvalue weighted by molar-refractivity contribution is 7.99. The summed E-state index contributed by atoms with van der Waals surface area (Å²) in [6.07, 6.45) is 1.57. The summed E-state index contributed by atoms with van der Waals surface area (Å²) in [4.78, 5) is 32.6. The molecular formula is C18H22N4O3S. The standard InChI is InChI=1S/C18H22N4O3S/c1-11(2)9-22-17(24)16-14(7-12(3)20-16)21-18(22)26-10-15(23)19-8-13-5-4-6-25-13/h4-7,11,20H,8-10H2,1-3H3,(H,19,23). The second-order valence-electron chi connectivity index (χ2n) is 6.56. The molecule has 3 aromatic rings. The SMILES string of the molecule is Cc1cc2nc(SCC(=O)NCc3ccco3)n(CC(C)C)c(=O)c2[nH]1.